The second-order valence-electron chi connectivity index (χ2n) is 4.93. The summed E-state index contributed by atoms with van der Waals surface area (Å²) in [6.07, 6.45) is 3.25. The van der Waals surface area contributed by atoms with Gasteiger partial charge in [-0.15, -0.1) is 10.2 Å². The average molecular weight is 312 g/mol. The highest BCUT2D eigenvalue weighted by Crippen LogP contribution is 2.20. The maximum absolute atomic E-state index is 5.45. The van der Waals surface area contributed by atoms with E-state index in [-0.39, 0.29) is 0 Å². The van der Waals surface area contributed by atoms with Crippen LogP contribution in [0.5, 0.6) is 0 Å². The minimum absolute atomic E-state index is 0.709. The molecular formula is C16H16N4OS. The maximum Gasteiger partial charge on any atom is 0.212 e. The fourth-order valence-corrected chi connectivity index (χ4v) is 2.69. The maximum atomic E-state index is 5.45. The van der Waals surface area contributed by atoms with Crippen molar-refractivity contribution >= 4 is 18.0 Å². The zero-order valence-electron chi connectivity index (χ0n) is 12.4. The molecule has 0 spiro atoms. The summed E-state index contributed by atoms with van der Waals surface area (Å²) in [5.74, 6) is 2.40. The van der Waals surface area contributed by atoms with Gasteiger partial charge in [-0.2, -0.15) is 9.78 Å². The molecule has 0 aliphatic carbocycles. The molecule has 0 atom stereocenters. The van der Waals surface area contributed by atoms with E-state index in [2.05, 4.69) is 46.5 Å². The fraction of sp³-hybridized carbons (Fsp3) is 0.188. The van der Waals surface area contributed by atoms with Gasteiger partial charge in [-0.05, 0) is 31.5 Å². The van der Waals surface area contributed by atoms with Crippen LogP contribution < -0.4 is 0 Å². The lowest BCUT2D eigenvalue weighted by atomic mass is 10.2. The van der Waals surface area contributed by atoms with Gasteiger partial charge in [0.1, 0.15) is 17.8 Å². The first-order valence-electron chi connectivity index (χ1n) is 6.90. The van der Waals surface area contributed by atoms with Crippen molar-refractivity contribution in [3.8, 4) is 0 Å². The van der Waals surface area contributed by atoms with E-state index in [1.807, 2.05) is 19.1 Å². The number of hydrogen-bond donors (Lipinski definition) is 0. The number of furan rings is 1. The predicted octanol–water partition coefficient (Wildman–Crippen LogP) is 3.66. The largest absolute Gasteiger partial charge is 0.460 e. The van der Waals surface area contributed by atoms with E-state index < -0.39 is 0 Å². The second-order valence-corrected chi connectivity index (χ2v) is 5.87. The van der Waals surface area contributed by atoms with Crippen molar-refractivity contribution in [2.45, 2.75) is 24.8 Å². The molecule has 2 aromatic heterocycles. The minimum atomic E-state index is 0.709. The Hall–Kier alpha value is -2.34. The van der Waals surface area contributed by atoms with Crippen LogP contribution in [0.1, 0.15) is 22.6 Å². The first kappa shape index (κ1) is 14.6. The molecule has 5 nitrogen and oxygen atoms in total. The van der Waals surface area contributed by atoms with E-state index in [9.17, 15) is 0 Å². The van der Waals surface area contributed by atoms with Crippen LogP contribution in [0.15, 0.2) is 57.4 Å². The molecule has 0 aliphatic heterocycles. The van der Waals surface area contributed by atoms with E-state index in [1.165, 1.54) is 11.1 Å². The summed E-state index contributed by atoms with van der Waals surface area (Å²) < 4.78 is 7.10. The van der Waals surface area contributed by atoms with Crippen LogP contribution in [-0.2, 0) is 5.75 Å². The molecular weight excluding hydrogens is 296 g/mol. The van der Waals surface area contributed by atoms with Crippen molar-refractivity contribution in [2.75, 3.05) is 0 Å². The molecule has 3 rings (SSSR count). The molecule has 3 aromatic rings. The monoisotopic (exact) mass is 312 g/mol. The Morgan fingerprint density at radius 1 is 1.18 bits per heavy atom. The Kier molecular flexibility index (Phi) is 4.39. The Morgan fingerprint density at radius 3 is 2.73 bits per heavy atom. The Labute approximate surface area is 133 Å². The van der Waals surface area contributed by atoms with E-state index >= 15 is 0 Å². The Bertz CT molecular complexity index is 774. The third kappa shape index (κ3) is 3.65. The van der Waals surface area contributed by atoms with Gasteiger partial charge < -0.3 is 4.42 Å². The van der Waals surface area contributed by atoms with Crippen LogP contribution in [0.25, 0.3) is 0 Å². The third-order valence-corrected chi connectivity index (χ3v) is 4.06. The number of aromatic nitrogens is 3. The third-order valence-electron chi connectivity index (χ3n) is 3.06. The Balaban J connectivity index is 1.67. The number of aryl methyl sites for hydroxylation is 2. The highest BCUT2D eigenvalue weighted by atomic mass is 32.2. The molecule has 0 aliphatic rings. The summed E-state index contributed by atoms with van der Waals surface area (Å²) in [6.45, 7) is 3.98. The molecule has 0 bridgehead atoms. The van der Waals surface area contributed by atoms with Gasteiger partial charge in [-0.1, -0.05) is 41.6 Å². The van der Waals surface area contributed by atoms with Crippen LogP contribution in [0.3, 0.4) is 0 Å². The van der Waals surface area contributed by atoms with Crippen molar-refractivity contribution < 1.29 is 4.42 Å². The van der Waals surface area contributed by atoms with Crippen LogP contribution in [0, 0.1) is 13.8 Å². The van der Waals surface area contributed by atoms with Gasteiger partial charge in [0.15, 0.2) is 0 Å². The molecule has 22 heavy (non-hydrogen) atoms. The summed E-state index contributed by atoms with van der Waals surface area (Å²) in [4.78, 5) is 0. The molecule has 0 unspecified atom stereocenters. The number of thioether (sulfide) groups is 1. The summed E-state index contributed by atoms with van der Waals surface area (Å²) in [6, 6.07) is 12.2. The van der Waals surface area contributed by atoms with Gasteiger partial charge in [0.25, 0.3) is 0 Å². The summed E-state index contributed by atoms with van der Waals surface area (Å²) >= 11 is 1.60. The lowest BCUT2D eigenvalue weighted by Gasteiger charge is -2.01. The molecule has 0 saturated heterocycles. The number of rotatable bonds is 5. The van der Waals surface area contributed by atoms with Crippen molar-refractivity contribution in [1.82, 2.24) is 14.9 Å². The highest BCUT2D eigenvalue weighted by Gasteiger charge is 2.05. The van der Waals surface area contributed by atoms with Gasteiger partial charge in [-0.3, -0.25) is 0 Å². The van der Waals surface area contributed by atoms with Gasteiger partial charge >= 0.3 is 0 Å². The van der Waals surface area contributed by atoms with Gasteiger partial charge in [0.2, 0.25) is 5.16 Å². The Morgan fingerprint density at radius 2 is 2.00 bits per heavy atom. The van der Waals surface area contributed by atoms with Gasteiger partial charge in [0, 0.05) is 5.75 Å². The highest BCUT2D eigenvalue weighted by molar-refractivity contribution is 7.98. The topological polar surface area (TPSA) is 56.2 Å². The number of hydrogen-bond acceptors (Lipinski definition) is 5. The molecule has 1 aromatic carbocycles. The SMILES string of the molecule is Cc1ccc(CSc2nncn2/N=C\c2ccc(C)o2)cc1. The van der Waals surface area contributed by atoms with Crippen molar-refractivity contribution in [1.29, 1.82) is 0 Å². The van der Waals surface area contributed by atoms with Crippen molar-refractivity contribution in [3.63, 3.8) is 0 Å². The van der Waals surface area contributed by atoms with Crippen LogP contribution in [0.2, 0.25) is 0 Å². The average Bonchev–Trinajstić information content (AvgIpc) is 3.13. The van der Waals surface area contributed by atoms with Crippen LogP contribution >= 0.6 is 11.8 Å². The molecule has 0 N–H and O–H groups in total. The second kappa shape index (κ2) is 6.62. The standard InChI is InChI=1S/C16H16N4OS/c1-12-3-6-14(7-4-12)10-22-16-19-17-11-20(16)18-9-15-8-5-13(2)21-15/h3-9,11H,10H2,1-2H3/b18-9-. The van der Waals surface area contributed by atoms with E-state index in [1.54, 1.807) is 29.0 Å². The zero-order chi connectivity index (χ0) is 15.4. The van der Waals surface area contributed by atoms with Gasteiger partial charge in [-0.25, -0.2) is 0 Å². The number of nitrogens with zero attached hydrogens (tertiary/aromatic N) is 4. The van der Waals surface area contributed by atoms with E-state index in [4.69, 9.17) is 4.42 Å². The van der Waals surface area contributed by atoms with Gasteiger partial charge in [0.05, 0.1) is 6.21 Å². The molecule has 0 fully saturated rings. The molecule has 0 saturated carbocycles. The van der Waals surface area contributed by atoms with Crippen molar-refractivity contribution in [3.05, 3.63) is 65.4 Å². The first-order chi connectivity index (χ1) is 10.7. The zero-order valence-corrected chi connectivity index (χ0v) is 13.2. The van der Waals surface area contributed by atoms with Crippen molar-refractivity contribution in [2.24, 2.45) is 5.10 Å². The van der Waals surface area contributed by atoms with E-state index in [0.717, 1.165) is 16.7 Å². The molecule has 0 radical (unpaired) electrons. The summed E-state index contributed by atoms with van der Waals surface area (Å²) in [7, 11) is 0. The minimum Gasteiger partial charge on any atom is -0.460 e. The summed E-state index contributed by atoms with van der Waals surface area (Å²) in [5.41, 5.74) is 2.51. The smallest absolute Gasteiger partial charge is 0.212 e. The number of benzene rings is 1. The lowest BCUT2D eigenvalue weighted by Crippen LogP contribution is -1.92. The normalized spacial score (nSPS) is 11.4. The van der Waals surface area contributed by atoms with Crippen LogP contribution in [0.4, 0.5) is 0 Å². The van der Waals surface area contributed by atoms with E-state index in [0.29, 0.717) is 5.76 Å². The molecule has 0 amide bonds. The quantitative estimate of drug-likeness (QED) is 0.533. The molecule has 2 heterocycles. The molecule has 6 heteroatoms. The lowest BCUT2D eigenvalue weighted by molar-refractivity contribution is 0.527. The predicted molar refractivity (Wildman–Crippen MR) is 87.2 cm³/mol. The fourth-order valence-electron chi connectivity index (χ4n) is 1.87. The molecule has 112 valence electrons. The summed E-state index contributed by atoms with van der Waals surface area (Å²) in [5, 5.41) is 13.1. The van der Waals surface area contributed by atoms with Crippen LogP contribution in [-0.4, -0.2) is 21.1 Å². The first-order valence-corrected chi connectivity index (χ1v) is 7.88.